The third kappa shape index (κ3) is 6.76. The molecule has 0 N–H and O–H groups in total. The van der Waals surface area contributed by atoms with E-state index < -0.39 is 0 Å². The summed E-state index contributed by atoms with van der Waals surface area (Å²) in [5.41, 5.74) is 1.63. The third-order valence-electron chi connectivity index (χ3n) is 3.56. The Bertz CT molecular complexity index is 274. The summed E-state index contributed by atoms with van der Waals surface area (Å²) in [6.45, 7) is 2.08. The van der Waals surface area contributed by atoms with E-state index in [-0.39, 0.29) is 5.97 Å². The number of rotatable bonds is 7. The maximum absolute atomic E-state index is 10.8. The number of esters is 1. The van der Waals surface area contributed by atoms with E-state index >= 15 is 0 Å². The SMILES string of the molecule is CC(=O)OCCC1CCCC/C1=C\CCCCI. The first-order chi connectivity index (χ1) is 8.74. The van der Waals surface area contributed by atoms with E-state index in [4.69, 9.17) is 4.74 Å². The molecule has 1 saturated carbocycles. The van der Waals surface area contributed by atoms with Crippen molar-refractivity contribution in [2.45, 2.75) is 58.3 Å². The minimum absolute atomic E-state index is 0.154. The summed E-state index contributed by atoms with van der Waals surface area (Å²) in [5, 5.41) is 0. The zero-order valence-corrected chi connectivity index (χ0v) is 13.6. The molecule has 0 saturated heterocycles. The monoisotopic (exact) mass is 364 g/mol. The highest BCUT2D eigenvalue weighted by Crippen LogP contribution is 2.32. The van der Waals surface area contributed by atoms with Crippen LogP contribution in [-0.4, -0.2) is 17.0 Å². The van der Waals surface area contributed by atoms with Gasteiger partial charge in [0.15, 0.2) is 0 Å². The summed E-state index contributed by atoms with van der Waals surface area (Å²) in [6, 6.07) is 0. The number of hydrogen-bond donors (Lipinski definition) is 0. The molecule has 0 heterocycles. The van der Waals surface area contributed by atoms with Crippen LogP contribution < -0.4 is 0 Å². The van der Waals surface area contributed by atoms with Crippen LogP contribution in [0.15, 0.2) is 11.6 Å². The van der Waals surface area contributed by atoms with Crippen molar-refractivity contribution in [3.8, 4) is 0 Å². The molecule has 2 nitrogen and oxygen atoms in total. The minimum atomic E-state index is -0.154. The molecule has 0 amide bonds. The molecule has 1 unspecified atom stereocenters. The van der Waals surface area contributed by atoms with E-state index in [1.54, 1.807) is 5.57 Å². The number of carbonyl (C=O) groups excluding carboxylic acids is 1. The van der Waals surface area contributed by atoms with Crippen LogP contribution >= 0.6 is 22.6 Å². The van der Waals surface area contributed by atoms with E-state index in [0.717, 1.165) is 6.42 Å². The summed E-state index contributed by atoms with van der Waals surface area (Å²) in [7, 11) is 0. The van der Waals surface area contributed by atoms with Crippen molar-refractivity contribution in [1.29, 1.82) is 0 Å². The molecule has 0 aromatic rings. The molecule has 1 rings (SSSR count). The lowest BCUT2D eigenvalue weighted by atomic mass is 9.82. The first kappa shape index (κ1) is 16.0. The predicted molar refractivity (Wildman–Crippen MR) is 84.0 cm³/mol. The van der Waals surface area contributed by atoms with Gasteiger partial charge in [0.25, 0.3) is 0 Å². The molecule has 0 spiro atoms. The first-order valence-corrected chi connectivity index (χ1v) is 8.65. The standard InChI is InChI=1S/C15H25IO2/c1-13(17)18-12-10-15-9-5-4-8-14(15)7-3-2-6-11-16/h7,15H,2-6,8-12H2,1H3/b14-7+. The van der Waals surface area contributed by atoms with Crippen molar-refractivity contribution in [3.63, 3.8) is 0 Å². The average Bonchev–Trinajstić information content (AvgIpc) is 2.36. The summed E-state index contributed by atoms with van der Waals surface area (Å²) < 4.78 is 6.33. The second-order valence-electron chi connectivity index (χ2n) is 5.04. The van der Waals surface area contributed by atoms with Gasteiger partial charge in [-0.2, -0.15) is 0 Å². The number of ether oxygens (including phenoxy) is 1. The van der Waals surface area contributed by atoms with Crippen LogP contribution in [0.4, 0.5) is 0 Å². The van der Waals surface area contributed by atoms with Crippen molar-refractivity contribution in [1.82, 2.24) is 0 Å². The van der Waals surface area contributed by atoms with Gasteiger partial charge in [-0.1, -0.05) is 40.7 Å². The number of hydrogen-bond acceptors (Lipinski definition) is 2. The fourth-order valence-corrected chi connectivity index (χ4v) is 3.12. The highest BCUT2D eigenvalue weighted by Gasteiger charge is 2.18. The van der Waals surface area contributed by atoms with Gasteiger partial charge >= 0.3 is 5.97 Å². The van der Waals surface area contributed by atoms with Gasteiger partial charge in [-0.15, -0.1) is 0 Å². The van der Waals surface area contributed by atoms with Crippen LogP contribution in [-0.2, 0) is 9.53 Å². The van der Waals surface area contributed by atoms with Crippen LogP contribution in [0, 0.1) is 5.92 Å². The van der Waals surface area contributed by atoms with E-state index in [0.29, 0.717) is 12.5 Å². The lowest BCUT2D eigenvalue weighted by Gasteiger charge is -2.25. The predicted octanol–water partition coefficient (Wildman–Crippen LogP) is 4.66. The molecule has 1 aliphatic rings. The van der Waals surface area contributed by atoms with Gasteiger partial charge in [0.1, 0.15) is 0 Å². The molecule has 18 heavy (non-hydrogen) atoms. The Morgan fingerprint density at radius 2 is 2.28 bits per heavy atom. The number of halogens is 1. The fourth-order valence-electron chi connectivity index (χ4n) is 2.58. The number of carbonyl (C=O) groups is 1. The van der Waals surface area contributed by atoms with E-state index in [1.165, 1.54) is 56.3 Å². The first-order valence-electron chi connectivity index (χ1n) is 7.12. The second kappa shape index (κ2) is 9.82. The zero-order valence-electron chi connectivity index (χ0n) is 11.4. The molecule has 0 aromatic heterocycles. The van der Waals surface area contributed by atoms with Gasteiger partial charge in [-0.25, -0.2) is 0 Å². The smallest absolute Gasteiger partial charge is 0.302 e. The quantitative estimate of drug-likeness (QED) is 0.216. The Balaban J connectivity index is 2.33. The molecule has 0 aromatic carbocycles. The molecule has 3 heteroatoms. The maximum Gasteiger partial charge on any atom is 0.302 e. The molecule has 0 bridgehead atoms. The molecule has 0 aliphatic heterocycles. The number of unbranched alkanes of at least 4 members (excludes halogenated alkanes) is 2. The average molecular weight is 364 g/mol. The lowest BCUT2D eigenvalue weighted by molar-refractivity contribution is -0.141. The molecule has 1 aliphatic carbocycles. The summed E-state index contributed by atoms with van der Waals surface area (Å²) >= 11 is 2.44. The summed E-state index contributed by atoms with van der Waals surface area (Å²) in [6.07, 6.45) is 12.5. The zero-order chi connectivity index (χ0) is 13.2. The van der Waals surface area contributed by atoms with Crippen LogP contribution in [0.2, 0.25) is 0 Å². The van der Waals surface area contributed by atoms with Crippen molar-refractivity contribution >= 4 is 28.6 Å². The van der Waals surface area contributed by atoms with E-state index in [2.05, 4.69) is 28.7 Å². The van der Waals surface area contributed by atoms with Gasteiger partial charge in [0.2, 0.25) is 0 Å². The lowest BCUT2D eigenvalue weighted by Crippen LogP contribution is -2.14. The number of allylic oxidation sites excluding steroid dienone is 2. The van der Waals surface area contributed by atoms with Crippen molar-refractivity contribution in [3.05, 3.63) is 11.6 Å². The molecular weight excluding hydrogens is 339 g/mol. The van der Waals surface area contributed by atoms with Crippen LogP contribution in [0.5, 0.6) is 0 Å². The van der Waals surface area contributed by atoms with Crippen LogP contribution in [0.25, 0.3) is 0 Å². The Hall–Kier alpha value is -0.0600. The highest BCUT2D eigenvalue weighted by molar-refractivity contribution is 14.1. The van der Waals surface area contributed by atoms with E-state index in [9.17, 15) is 4.79 Å². The van der Waals surface area contributed by atoms with Gasteiger partial charge in [-0.05, 0) is 55.3 Å². The highest BCUT2D eigenvalue weighted by atomic mass is 127. The van der Waals surface area contributed by atoms with Crippen LogP contribution in [0.3, 0.4) is 0 Å². The van der Waals surface area contributed by atoms with Crippen molar-refractivity contribution in [2.75, 3.05) is 11.0 Å². The molecule has 1 atom stereocenters. The van der Waals surface area contributed by atoms with Crippen molar-refractivity contribution < 1.29 is 9.53 Å². The second-order valence-corrected chi connectivity index (χ2v) is 6.11. The van der Waals surface area contributed by atoms with Gasteiger partial charge in [0, 0.05) is 6.92 Å². The van der Waals surface area contributed by atoms with E-state index in [1.807, 2.05) is 0 Å². The minimum Gasteiger partial charge on any atom is -0.466 e. The fraction of sp³-hybridized carbons (Fsp3) is 0.800. The summed E-state index contributed by atoms with van der Waals surface area (Å²) in [4.78, 5) is 10.8. The molecule has 104 valence electrons. The molecule has 1 fully saturated rings. The maximum atomic E-state index is 10.8. The van der Waals surface area contributed by atoms with Gasteiger partial charge in [0.05, 0.1) is 6.61 Å². The largest absolute Gasteiger partial charge is 0.466 e. The topological polar surface area (TPSA) is 26.3 Å². The third-order valence-corrected chi connectivity index (χ3v) is 4.32. The Kier molecular flexibility index (Phi) is 8.72. The van der Waals surface area contributed by atoms with Crippen LogP contribution in [0.1, 0.15) is 58.3 Å². The van der Waals surface area contributed by atoms with Gasteiger partial charge in [-0.3, -0.25) is 4.79 Å². The molecule has 0 radical (unpaired) electrons. The Labute approximate surface area is 125 Å². The van der Waals surface area contributed by atoms with Gasteiger partial charge < -0.3 is 4.74 Å². The molecular formula is C15H25IO2. The normalized spacial score (nSPS) is 22.1. The van der Waals surface area contributed by atoms with Crippen molar-refractivity contribution in [2.24, 2.45) is 5.92 Å². The Morgan fingerprint density at radius 3 is 3.00 bits per heavy atom. The number of alkyl halides is 1. The Morgan fingerprint density at radius 1 is 1.44 bits per heavy atom. The summed E-state index contributed by atoms with van der Waals surface area (Å²) in [5.74, 6) is 0.510.